The minimum atomic E-state index is -0.985. The molecule has 1 amide bonds. The molecule has 0 saturated carbocycles. The van der Waals surface area contributed by atoms with Crippen molar-refractivity contribution in [2.24, 2.45) is 0 Å². The molecule has 2 rings (SSSR count). The van der Waals surface area contributed by atoms with E-state index < -0.39 is 5.97 Å². The second kappa shape index (κ2) is 7.61. The number of carbonyl (C=O) groups excluding carboxylic acids is 1. The number of halogens is 1. The maximum absolute atomic E-state index is 11.8. The van der Waals surface area contributed by atoms with Gasteiger partial charge in [-0.1, -0.05) is 23.7 Å². The Labute approximate surface area is 133 Å². The van der Waals surface area contributed by atoms with Gasteiger partial charge in [-0.3, -0.25) is 4.79 Å². The van der Waals surface area contributed by atoms with Crippen molar-refractivity contribution in [1.82, 2.24) is 0 Å². The van der Waals surface area contributed by atoms with E-state index in [0.29, 0.717) is 17.1 Å². The lowest BCUT2D eigenvalue weighted by Crippen LogP contribution is -2.11. The van der Waals surface area contributed by atoms with Gasteiger partial charge in [-0.05, 0) is 54.8 Å². The molecule has 4 nitrogen and oxygen atoms in total. The van der Waals surface area contributed by atoms with E-state index in [4.69, 9.17) is 16.7 Å². The second-order valence-electron chi connectivity index (χ2n) is 4.91. The molecule has 0 aliphatic rings. The van der Waals surface area contributed by atoms with Crippen LogP contribution in [-0.4, -0.2) is 17.0 Å². The molecule has 0 heterocycles. The van der Waals surface area contributed by atoms with Crippen LogP contribution in [0.25, 0.3) is 0 Å². The fraction of sp³-hybridized carbons (Fsp3) is 0.176. The first kappa shape index (κ1) is 16.0. The molecule has 0 bridgehead atoms. The van der Waals surface area contributed by atoms with Crippen molar-refractivity contribution in [3.05, 3.63) is 64.7 Å². The molecule has 2 aromatic carbocycles. The summed E-state index contributed by atoms with van der Waals surface area (Å²) in [5, 5.41) is 12.3. The van der Waals surface area contributed by atoms with Gasteiger partial charge in [0.1, 0.15) is 0 Å². The lowest BCUT2D eigenvalue weighted by molar-refractivity contribution is -0.116. The van der Waals surface area contributed by atoms with E-state index in [9.17, 15) is 9.59 Å². The number of aromatic carboxylic acids is 1. The summed E-state index contributed by atoms with van der Waals surface area (Å²) in [7, 11) is 0. The summed E-state index contributed by atoms with van der Waals surface area (Å²) in [5.41, 5.74) is 1.94. The predicted octanol–water partition coefficient (Wildman–Crippen LogP) is 4.00. The molecule has 5 heteroatoms. The summed E-state index contributed by atoms with van der Waals surface area (Å²) in [5.74, 6) is -1.07. The highest BCUT2D eigenvalue weighted by Crippen LogP contribution is 2.13. The lowest BCUT2D eigenvalue weighted by Gasteiger charge is -2.06. The SMILES string of the molecule is O=C(CCCc1ccc(Cl)cc1)Nc1ccc(C(=O)O)cc1. The highest BCUT2D eigenvalue weighted by Gasteiger charge is 2.05. The monoisotopic (exact) mass is 317 g/mol. The van der Waals surface area contributed by atoms with E-state index in [1.165, 1.54) is 12.1 Å². The standard InChI is InChI=1S/C17H16ClNO3/c18-14-8-4-12(5-9-14)2-1-3-16(20)19-15-10-6-13(7-11-15)17(21)22/h4-11H,1-3H2,(H,19,20)(H,21,22). The molecule has 0 spiro atoms. The number of anilines is 1. The van der Waals surface area contributed by atoms with Gasteiger partial charge in [-0.2, -0.15) is 0 Å². The topological polar surface area (TPSA) is 66.4 Å². The number of carboxylic acids is 1. The molecule has 0 fully saturated rings. The van der Waals surface area contributed by atoms with Crippen LogP contribution in [0.2, 0.25) is 5.02 Å². The molecule has 2 aromatic rings. The molecule has 2 N–H and O–H groups in total. The Balaban J connectivity index is 1.77. The Hall–Kier alpha value is -2.33. The number of hydrogen-bond donors (Lipinski definition) is 2. The van der Waals surface area contributed by atoms with Crippen LogP contribution in [0, 0.1) is 0 Å². The van der Waals surface area contributed by atoms with Crippen molar-refractivity contribution in [3.8, 4) is 0 Å². The van der Waals surface area contributed by atoms with Crippen LogP contribution in [0.3, 0.4) is 0 Å². The zero-order chi connectivity index (χ0) is 15.9. The Morgan fingerprint density at radius 1 is 1.00 bits per heavy atom. The van der Waals surface area contributed by atoms with Crippen molar-refractivity contribution in [3.63, 3.8) is 0 Å². The fourth-order valence-corrected chi connectivity index (χ4v) is 2.15. The van der Waals surface area contributed by atoms with E-state index >= 15 is 0 Å². The highest BCUT2D eigenvalue weighted by molar-refractivity contribution is 6.30. The molecule has 0 unspecified atom stereocenters. The van der Waals surface area contributed by atoms with Crippen molar-refractivity contribution < 1.29 is 14.7 Å². The second-order valence-corrected chi connectivity index (χ2v) is 5.35. The zero-order valence-electron chi connectivity index (χ0n) is 11.9. The Kier molecular flexibility index (Phi) is 5.55. The third-order valence-corrected chi connectivity index (χ3v) is 3.45. The number of rotatable bonds is 6. The Morgan fingerprint density at radius 3 is 2.23 bits per heavy atom. The summed E-state index contributed by atoms with van der Waals surface area (Å²) < 4.78 is 0. The lowest BCUT2D eigenvalue weighted by atomic mass is 10.1. The maximum atomic E-state index is 11.8. The average Bonchev–Trinajstić information content (AvgIpc) is 2.50. The molecule has 0 aliphatic carbocycles. The van der Waals surface area contributed by atoms with Gasteiger partial charge in [0.25, 0.3) is 0 Å². The molecule has 0 radical (unpaired) electrons. The predicted molar refractivity (Wildman–Crippen MR) is 86.4 cm³/mol. The molecule has 22 heavy (non-hydrogen) atoms. The van der Waals surface area contributed by atoms with Crippen LogP contribution in [-0.2, 0) is 11.2 Å². The summed E-state index contributed by atoms with van der Waals surface area (Å²) in [6.45, 7) is 0. The minimum Gasteiger partial charge on any atom is -0.478 e. The molecule has 114 valence electrons. The number of aryl methyl sites for hydroxylation is 1. The zero-order valence-corrected chi connectivity index (χ0v) is 12.6. The summed E-state index contributed by atoms with van der Waals surface area (Å²) >= 11 is 5.82. The molecular formula is C17H16ClNO3. The molecule has 0 saturated heterocycles. The first-order valence-corrected chi connectivity index (χ1v) is 7.30. The van der Waals surface area contributed by atoms with Gasteiger partial charge in [-0.25, -0.2) is 4.79 Å². The summed E-state index contributed by atoms with van der Waals surface area (Å²) in [4.78, 5) is 22.6. The fourth-order valence-electron chi connectivity index (χ4n) is 2.02. The van der Waals surface area contributed by atoms with Crippen LogP contribution in [0.4, 0.5) is 5.69 Å². The van der Waals surface area contributed by atoms with Gasteiger partial charge in [-0.15, -0.1) is 0 Å². The highest BCUT2D eigenvalue weighted by atomic mass is 35.5. The van der Waals surface area contributed by atoms with Gasteiger partial charge in [0.2, 0.25) is 5.91 Å². The third-order valence-electron chi connectivity index (χ3n) is 3.20. The Morgan fingerprint density at radius 2 is 1.64 bits per heavy atom. The van der Waals surface area contributed by atoms with Gasteiger partial charge in [0.15, 0.2) is 0 Å². The number of nitrogens with one attached hydrogen (secondary N) is 1. The smallest absolute Gasteiger partial charge is 0.335 e. The number of carboxylic acid groups (broad SMARTS) is 1. The molecular weight excluding hydrogens is 302 g/mol. The molecule has 0 atom stereocenters. The van der Waals surface area contributed by atoms with Crippen molar-refractivity contribution >= 4 is 29.2 Å². The largest absolute Gasteiger partial charge is 0.478 e. The Bertz CT molecular complexity index is 651. The van der Waals surface area contributed by atoms with E-state index in [-0.39, 0.29) is 11.5 Å². The molecule has 0 aromatic heterocycles. The van der Waals surface area contributed by atoms with Crippen molar-refractivity contribution in [2.75, 3.05) is 5.32 Å². The number of amides is 1. The van der Waals surface area contributed by atoms with Crippen LogP contribution < -0.4 is 5.32 Å². The van der Waals surface area contributed by atoms with Crippen molar-refractivity contribution in [2.45, 2.75) is 19.3 Å². The van der Waals surface area contributed by atoms with E-state index in [1.807, 2.05) is 24.3 Å². The first-order valence-electron chi connectivity index (χ1n) is 6.92. The molecule has 0 aliphatic heterocycles. The summed E-state index contributed by atoms with van der Waals surface area (Å²) in [6, 6.07) is 13.7. The van der Waals surface area contributed by atoms with Gasteiger partial charge in [0, 0.05) is 17.1 Å². The first-order chi connectivity index (χ1) is 10.5. The van der Waals surface area contributed by atoms with Crippen LogP contribution in [0.5, 0.6) is 0 Å². The normalized spacial score (nSPS) is 10.2. The minimum absolute atomic E-state index is 0.0861. The van der Waals surface area contributed by atoms with Crippen LogP contribution in [0.15, 0.2) is 48.5 Å². The number of carbonyl (C=O) groups is 2. The quantitative estimate of drug-likeness (QED) is 0.846. The maximum Gasteiger partial charge on any atom is 0.335 e. The van der Waals surface area contributed by atoms with Crippen LogP contribution in [0.1, 0.15) is 28.8 Å². The van der Waals surface area contributed by atoms with E-state index in [2.05, 4.69) is 5.32 Å². The van der Waals surface area contributed by atoms with E-state index in [0.717, 1.165) is 18.4 Å². The average molecular weight is 318 g/mol. The van der Waals surface area contributed by atoms with Gasteiger partial charge in [0.05, 0.1) is 5.56 Å². The van der Waals surface area contributed by atoms with Gasteiger partial charge >= 0.3 is 5.97 Å². The number of benzene rings is 2. The third kappa shape index (κ3) is 4.90. The summed E-state index contributed by atoms with van der Waals surface area (Å²) in [6.07, 6.45) is 1.95. The number of hydrogen-bond acceptors (Lipinski definition) is 2. The van der Waals surface area contributed by atoms with Gasteiger partial charge < -0.3 is 10.4 Å². The van der Waals surface area contributed by atoms with Crippen molar-refractivity contribution in [1.29, 1.82) is 0 Å². The van der Waals surface area contributed by atoms with Crippen LogP contribution >= 0.6 is 11.6 Å². The van der Waals surface area contributed by atoms with E-state index in [1.54, 1.807) is 12.1 Å².